The van der Waals surface area contributed by atoms with Crippen molar-refractivity contribution in [2.45, 2.75) is 11.1 Å². The minimum Gasteiger partial charge on any atom is -0.224 e. The van der Waals surface area contributed by atoms with E-state index in [2.05, 4.69) is 9.24 Å². The molecule has 66 valence electrons. The van der Waals surface area contributed by atoms with E-state index in [1.165, 1.54) is 6.26 Å². The van der Waals surface area contributed by atoms with Crippen LogP contribution in [0.2, 0.25) is 0 Å². The second-order valence-electron chi connectivity index (χ2n) is 2.62. The van der Waals surface area contributed by atoms with Crippen molar-refractivity contribution in [2.75, 3.05) is 6.26 Å². The summed E-state index contributed by atoms with van der Waals surface area (Å²) < 4.78 is 22.2. The van der Waals surface area contributed by atoms with Crippen LogP contribution in [0.1, 0.15) is 5.56 Å². The second-order valence-corrected chi connectivity index (χ2v) is 5.05. The molecule has 0 fully saturated rings. The van der Waals surface area contributed by atoms with E-state index < -0.39 is 9.84 Å². The Kier molecular flexibility index (Phi) is 2.86. The van der Waals surface area contributed by atoms with Crippen molar-refractivity contribution in [3.05, 3.63) is 29.8 Å². The molecule has 12 heavy (non-hydrogen) atoms. The van der Waals surface area contributed by atoms with Crippen molar-refractivity contribution in [1.29, 1.82) is 0 Å². The summed E-state index contributed by atoms with van der Waals surface area (Å²) >= 11 is 0. The predicted octanol–water partition coefficient (Wildman–Crippen LogP) is 1.47. The van der Waals surface area contributed by atoms with Gasteiger partial charge in [0.1, 0.15) is 0 Å². The normalized spacial score (nSPS) is 11.5. The number of hydrogen-bond acceptors (Lipinski definition) is 2. The van der Waals surface area contributed by atoms with E-state index in [4.69, 9.17) is 0 Å². The van der Waals surface area contributed by atoms with Gasteiger partial charge in [-0.2, -0.15) is 0 Å². The van der Waals surface area contributed by atoms with Gasteiger partial charge < -0.3 is 0 Å². The van der Waals surface area contributed by atoms with Gasteiger partial charge in [-0.05, 0) is 23.9 Å². The maximum atomic E-state index is 11.1. The van der Waals surface area contributed by atoms with Gasteiger partial charge in [0.2, 0.25) is 0 Å². The van der Waals surface area contributed by atoms with Crippen molar-refractivity contribution in [3.63, 3.8) is 0 Å². The lowest BCUT2D eigenvalue weighted by atomic mass is 10.2. The zero-order valence-corrected chi connectivity index (χ0v) is 8.79. The Hall–Kier alpha value is -0.400. The van der Waals surface area contributed by atoms with Crippen molar-refractivity contribution in [3.8, 4) is 0 Å². The van der Waals surface area contributed by atoms with Gasteiger partial charge in [-0.15, -0.1) is 9.24 Å². The number of sulfone groups is 1. The van der Waals surface area contributed by atoms with Gasteiger partial charge in [0.05, 0.1) is 4.90 Å². The fourth-order valence-electron chi connectivity index (χ4n) is 0.903. The van der Waals surface area contributed by atoms with E-state index in [9.17, 15) is 8.42 Å². The molecule has 0 radical (unpaired) electrons. The zero-order valence-electron chi connectivity index (χ0n) is 6.82. The smallest absolute Gasteiger partial charge is 0.175 e. The molecule has 0 N–H and O–H groups in total. The minimum atomic E-state index is -3.04. The van der Waals surface area contributed by atoms with Gasteiger partial charge in [0, 0.05) is 6.26 Å². The highest BCUT2D eigenvalue weighted by atomic mass is 32.2. The molecule has 0 aliphatic carbocycles. The van der Waals surface area contributed by atoms with Crippen LogP contribution >= 0.6 is 9.24 Å². The summed E-state index contributed by atoms with van der Waals surface area (Å²) in [6, 6.07) is 6.97. The molecule has 0 heterocycles. The predicted molar refractivity (Wildman–Crippen MR) is 53.0 cm³/mol. The summed E-state index contributed by atoms with van der Waals surface area (Å²) in [4.78, 5) is 0.391. The average molecular weight is 202 g/mol. The standard InChI is InChI=1S/C8H11O2PS/c1-12(9,10)8-4-2-3-7(5-8)6-11/h2-5H,6,11H2,1H3. The molecule has 1 rings (SSSR count). The van der Waals surface area contributed by atoms with Crippen LogP contribution in [0, 0.1) is 0 Å². The first kappa shape index (κ1) is 9.69. The summed E-state index contributed by atoms with van der Waals surface area (Å²) in [5, 5.41) is 0. The molecule has 4 heteroatoms. The van der Waals surface area contributed by atoms with Crippen LogP contribution in [-0.2, 0) is 16.0 Å². The number of hydrogen-bond donors (Lipinski definition) is 0. The van der Waals surface area contributed by atoms with Crippen molar-refractivity contribution in [2.24, 2.45) is 0 Å². The molecule has 0 aliphatic heterocycles. The Morgan fingerprint density at radius 1 is 1.42 bits per heavy atom. The molecule has 1 atom stereocenters. The van der Waals surface area contributed by atoms with E-state index >= 15 is 0 Å². The monoisotopic (exact) mass is 202 g/mol. The number of rotatable bonds is 2. The second kappa shape index (κ2) is 3.55. The van der Waals surface area contributed by atoms with Gasteiger partial charge >= 0.3 is 0 Å². The van der Waals surface area contributed by atoms with E-state index in [-0.39, 0.29) is 0 Å². The summed E-state index contributed by atoms with van der Waals surface area (Å²) in [6.07, 6.45) is 2.00. The summed E-state index contributed by atoms with van der Waals surface area (Å²) in [5.41, 5.74) is 1.02. The molecule has 0 aliphatic rings. The maximum absolute atomic E-state index is 11.1. The highest BCUT2D eigenvalue weighted by molar-refractivity contribution is 7.90. The highest BCUT2D eigenvalue weighted by Gasteiger charge is 2.05. The quantitative estimate of drug-likeness (QED) is 0.680. The van der Waals surface area contributed by atoms with Crippen molar-refractivity contribution in [1.82, 2.24) is 0 Å². The van der Waals surface area contributed by atoms with E-state index in [1.54, 1.807) is 18.2 Å². The third-order valence-corrected chi connectivity index (χ3v) is 3.14. The van der Waals surface area contributed by atoms with Crippen LogP contribution in [0.5, 0.6) is 0 Å². The van der Waals surface area contributed by atoms with Gasteiger partial charge in [-0.3, -0.25) is 0 Å². The van der Waals surface area contributed by atoms with E-state index in [0.717, 1.165) is 11.7 Å². The lowest BCUT2D eigenvalue weighted by Gasteiger charge is -1.99. The van der Waals surface area contributed by atoms with Crippen LogP contribution in [-0.4, -0.2) is 14.7 Å². The third-order valence-electron chi connectivity index (χ3n) is 1.56. The Labute approximate surface area is 75.1 Å². The molecule has 0 amide bonds. The Morgan fingerprint density at radius 2 is 2.08 bits per heavy atom. The fraction of sp³-hybridized carbons (Fsp3) is 0.250. The first-order chi connectivity index (χ1) is 5.54. The molecule has 2 nitrogen and oxygen atoms in total. The lowest BCUT2D eigenvalue weighted by Crippen LogP contribution is -1.97. The Bertz CT molecular complexity index is 370. The molecule has 0 saturated heterocycles. The molecule has 1 aromatic carbocycles. The van der Waals surface area contributed by atoms with Gasteiger partial charge in [0.15, 0.2) is 9.84 Å². The van der Waals surface area contributed by atoms with Crippen LogP contribution in [0.25, 0.3) is 0 Å². The fourth-order valence-corrected chi connectivity index (χ4v) is 1.85. The molecule has 0 saturated carbocycles. The molecule has 0 aromatic heterocycles. The van der Waals surface area contributed by atoms with E-state index in [1.807, 2.05) is 6.07 Å². The molecular weight excluding hydrogens is 191 g/mol. The summed E-state index contributed by atoms with van der Waals surface area (Å²) in [7, 11) is -0.482. The Morgan fingerprint density at radius 3 is 2.58 bits per heavy atom. The SMILES string of the molecule is CS(=O)(=O)c1cccc(CP)c1. The van der Waals surface area contributed by atoms with Crippen molar-refractivity contribution < 1.29 is 8.42 Å². The topological polar surface area (TPSA) is 34.1 Å². The summed E-state index contributed by atoms with van der Waals surface area (Å²) in [6.45, 7) is 0. The summed E-state index contributed by atoms with van der Waals surface area (Å²) in [5.74, 6) is 0. The first-order valence-electron chi connectivity index (χ1n) is 3.53. The third kappa shape index (κ3) is 2.29. The van der Waals surface area contributed by atoms with Gasteiger partial charge in [-0.25, -0.2) is 8.42 Å². The molecule has 0 spiro atoms. The highest BCUT2D eigenvalue weighted by Crippen LogP contribution is 2.13. The lowest BCUT2D eigenvalue weighted by molar-refractivity contribution is 0.602. The zero-order chi connectivity index (χ0) is 9.19. The van der Waals surface area contributed by atoms with Crippen LogP contribution in [0.15, 0.2) is 29.2 Å². The molecule has 1 unspecified atom stereocenters. The van der Waals surface area contributed by atoms with Gasteiger partial charge in [-0.1, -0.05) is 12.1 Å². The first-order valence-corrected chi connectivity index (χ1v) is 6.24. The Balaban J connectivity index is 3.20. The largest absolute Gasteiger partial charge is 0.224 e. The maximum Gasteiger partial charge on any atom is 0.175 e. The van der Waals surface area contributed by atoms with Crippen LogP contribution in [0.4, 0.5) is 0 Å². The van der Waals surface area contributed by atoms with Gasteiger partial charge in [0.25, 0.3) is 0 Å². The molecule has 1 aromatic rings. The minimum absolute atomic E-state index is 0.391. The average Bonchev–Trinajstić information content (AvgIpc) is 2.03. The van der Waals surface area contributed by atoms with Crippen LogP contribution < -0.4 is 0 Å². The molecular formula is C8H11O2PS. The van der Waals surface area contributed by atoms with Crippen molar-refractivity contribution >= 4 is 19.1 Å². The number of benzene rings is 1. The van der Waals surface area contributed by atoms with Crippen LogP contribution in [0.3, 0.4) is 0 Å². The van der Waals surface area contributed by atoms with E-state index in [0.29, 0.717) is 4.90 Å². The molecule has 0 bridgehead atoms.